The van der Waals surface area contributed by atoms with Crippen LogP contribution in [0.1, 0.15) is 40.5 Å². The second kappa shape index (κ2) is 6.36. The van der Waals surface area contributed by atoms with Crippen LogP contribution in [-0.4, -0.2) is 47.2 Å². The largest absolute Gasteiger partial charge is 0.393 e. The minimum atomic E-state index is -0.212. The molecule has 0 bridgehead atoms. The lowest BCUT2D eigenvalue weighted by Crippen LogP contribution is -2.52. The van der Waals surface area contributed by atoms with E-state index in [9.17, 15) is 9.90 Å². The quantitative estimate of drug-likeness (QED) is 0.773. The molecule has 4 nitrogen and oxygen atoms in total. The third kappa shape index (κ3) is 3.96. The first-order valence-electron chi connectivity index (χ1n) is 6.68. The number of nitrogens with one attached hydrogen (secondary N) is 1. The molecule has 1 heterocycles. The number of aliphatic hydroxyl groups excluding tert-OH is 1. The summed E-state index contributed by atoms with van der Waals surface area (Å²) in [5.41, 5.74) is 0. The Morgan fingerprint density at radius 3 is 2.71 bits per heavy atom. The standard InChI is InChI=1S/C13H26N2O2/c1-5-10(3)14-13(17)11(4)15-7-6-12(16)9(2)8-15/h9-12,16H,5-8H2,1-4H3,(H,14,17). The molecule has 0 aromatic carbocycles. The molecular weight excluding hydrogens is 216 g/mol. The molecule has 1 aliphatic heterocycles. The third-order valence-electron chi connectivity index (χ3n) is 3.82. The highest BCUT2D eigenvalue weighted by molar-refractivity contribution is 5.81. The molecule has 0 radical (unpaired) electrons. The number of hydrogen-bond donors (Lipinski definition) is 2. The average molecular weight is 242 g/mol. The van der Waals surface area contributed by atoms with E-state index in [0.29, 0.717) is 0 Å². The Labute approximate surface area is 104 Å². The van der Waals surface area contributed by atoms with Crippen molar-refractivity contribution in [2.45, 2.75) is 58.7 Å². The van der Waals surface area contributed by atoms with Crippen LogP contribution in [0.2, 0.25) is 0 Å². The van der Waals surface area contributed by atoms with Gasteiger partial charge in [-0.25, -0.2) is 0 Å². The van der Waals surface area contributed by atoms with Crippen molar-refractivity contribution < 1.29 is 9.90 Å². The van der Waals surface area contributed by atoms with Crippen molar-refractivity contribution in [3.05, 3.63) is 0 Å². The van der Waals surface area contributed by atoms with Gasteiger partial charge >= 0.3 is 0 Å². The van der Waals surface area contributed by atoms with Crippen LogP contribution in [0.4, 0.5) is 0 Å². The number of carbonyl (C=O) groups is 1. The first-order chi connectivity index (χ1) is 7.95. The Morgan fingerprint density at radius 2 is 2.18 bits per heavy atom. The molecule has 4 unspecified atom stereocenters. The van der Waals surface area contributed by atoms with Gasteiger partial charge in [0.05, 0.1) is 12.1 Å². The number of hydrogen-bond acceptors (Lipinski definition) is 3. The maximum absolute atomic E-state index is 12.0. The number of rotatable bonds is 4. The maximum atomic E-state index is 12.0. The van der Waals surface area contributed by atoms with Gasteiger partial charge in [0.1, 0.15) is 0 Å². The number of aliphatic hydroxyl groups is 1. The van der Waals surface area contributed by atoms with Gasteiger partial charge in [-0.05, 0) is 32.6 Å². The normalized spacial score (nSPS) is 29.7. The Kier molecular flexibility index (Phi) is 5.40. The number of nitrogens with zero attached hydrogens (tertiary/aromatic N) is 1. The maximum Gasteiger partial charge on any atom is 0.237 e. The molecule has 0 saturated carbocycles. The highest BCUT2D eigenvalue weighted by atomic mass is 16.3. The number of likely N-dealkylation sites (tertiary alicyclic amines) is 1. The number of carbonyl (C=O) groups excluding carboxylic acids is 1. The molecule has 0 aromatic heterocycles. The Hall–Kier alpha value is -0.610. The van der Waals surface area contributed by atoms with Crippen LogP contribution in [0.15, 0.2) is 0 Å². The number of amides is 1. The monoisotopic (exact) mass is 242 g/mol. The van der Waals surface area contributed by atoms with Gasteiger partial charge in [0.2, 0.25) is 5.91 Å². The number of piperidine rings is 1. The minimum Gasteiger partial charge on any atom is -0.393 e. The average Bonchev–Trinajstić information content (AvgIpc) is 2.31. The van der Waals surface area contributed by atoms with Crippen LogP contribution in [0.5, 0.6) is 0 Å². The van der Waals surface area contributed by atoms with E-state index in [1.807, 2.05) is 20.8 Å². The van der Waals surface area contributed by atoms with E-state index in [1.165, 1.54) is 0 Å². The Bertz CT molecular complexity index is 258. The van der Waals surface area contributed by atoms with Gasteiger partial charge in [-0.15, -0.1) is 0 Å². The molecule has 100 valence electrons. The van der Waals surface area contributed by atoms with Gasteiger partial charge in [0, 0.05) is 19.1 Å². The van der Waals surface area contributed by atoms with E-state index in [1.54, 1.807) is 0 Å². The second-order valence-corrected chi connectivity index (χ2v) is 5.32. The van der Waals surface area contributed by atoms with Gasteiger partial charge in [-0.3, -0.25) is 9.69 Å². The van der Waals surface area contributed by atoms with Crippen molar-refractivity contribution in [1.82, 2.24) is 10.2 Å². The summed E-state index contributed by atoms with van der Waals surface area (Å²) in [6.45, 7) is 9.68. The fourth-order valence-corrected chi connectivity index (χ4v) is 2.15. The lowest BCUT2D eigenvalue weighted by molar-refractivity contribution is -0.128. The van der Waals surface area contributed by atoms with Crippen LogP contribution >= 0.6 is 0 Å². The highest BCUT2D eigenvalue weighted by Gasteiger charge is 2.30. The van der Waals surface area contributed by atoms with Gasteiger partial charge in [-0.2, -0.15) is 0 Å². The summed E-state index contributed by atoms with van der Waals surface area (Å²) in [5, 5.41) is 12.7. The predicted molar refractivity (Wildman–Crippen MR) is 68.7 cm³/mol. The molecule has 0 spiro atoms. The molecular formula is C13H26N2O2. The van der Waals surface area contributed by atoms with E-state index in [-0.39, 0.29) is 30.0 Å². The lowest BCUT2D eigenvalue weighted by atomic mass is 9.95. The predicted octanol–water partition coefficient (Wildman–Crippen LogP) is 0.992. The van der Waals surface area contributed by atoms with Gasteiger partial charge < -0.3 is 10.4 Å². The second-order valence-electron chi connectivity index (χ2n) is 5.32. The summed E-state index contributed by atoms with van der Waals surface area (Å²) >= 11 is 0. The molecule has 0 aromatic rings. The van der Waals surface area contributed by atoms with Crippen LogP contribution < -0.4 is 5.32 Å². The third-order valence-corrected chi connectivity index (χ3v) is 3.82. The first kappa shape index (κ1) is 14.5. The summed E-state index contributed by atoms with van der Waals surface area (Å²) in [6.07, 6.45) is 1.51. The van der Waals surface area contributed by atoms with Crippen LogP contribution in [0.25, 0.3) is 0 Å². The van der Waals surface area contributed by atoms with Crippen LogP contribution in [-0.2, 0) is 4.79 Å². The molecule has 1 saturated heterocycles. The molecule has 1 rings (SSSR count). The van der Waals surface area contributed by atoms with E-state index in [0.717, 1.165) is 25.9 Å². The molecule has 1 aliphatic rings. The lowest BCUT2D eigenvalue weighted by Gasteiger charge is -2.37. The van der Waals surface area contributed by atoms with Gasteiger partial charge in [0.25, 0.3) is 0 Å². The highest BCUT2D eigenvalue weighted by Crippen LogP contribution is 2.18. The van der Waals surface area contributed by atoms with Crippen molar-refractivity contribution in [3.63, 3.8) is 0 Å². The summed E-state index contributed by atoms with van der Waals surface area (Å²) < 4.78 is 0. The van der Waals surface area contributed by atoms with E-state index < -0.39 is 0 Å². The first-order valence-corrected chi connectivity index (χ1v) is 6.68. The molecule has 2 N–H and O–H groups in total. The van der Waals surface area contributed by atoms with Crippen LogP contribution in [0, 0.1) is 5.92 Å². The van der Waals surface area contributed by atoms with Crippen molar-refractivity contribution in [1.29, 1.82) is 0 Å². The Morgan fingerprint density at radius 1 is 1.53 bits per heavy atom. The molecule has 4 heteroatoms. The SMILES string of the molecule is CCC(C)NC(=O)C(C)N1CCC(O)C(C)C1. The minimum absolute atomic E-state index is 0.0982. The summed E-state index contributed by atoms with van der Waals surface area (Å²) in [5.74, 6) is 0.352. The zero-order chi connectivity index (χ0) is 13.0. The van der Waals surface area contributed by atoms with Crippen molar-refractivity contribution >= 4 is 5.91 Å². The topological polar surface area (TPSA) is 52.6 Å². The summed E-state index contributed by atoms with van der Waals surface area (Å²) in [7, 11) is 0. The Balaban J connectivity index is 2.46. The molecule has 4 atom stereocenters. The zero-order valence-electron chi connectivity index (χ0n) is 11.4. The fourth-order valence-electron chi connectivity index (χ4n) is 2.15. The van der Waals surface area contributed by atoms with Crippen molar-refractivity contribution in [3.8, 4) is 0 Å². The molecule has 1 amide bonds. The zero-order valence-corrected chi connectivity index (χ0v) is 11.4. The summed E-state index contributed by atoms with van der Waals surface area (Å²) in [6, 6.07) is 0.136. The fraction of sp³-hybridized carbons (Fsp3) is 0.923. The summed E-state index contributed by atoms with van der Waals surface area (Å²) in [4.78, 5) is 14.1. The van der Waals surface area contributed by atoms with Crippen LogP contribution in [0.3, 0.4) is 0 Å². The van der Waals surface area contributed by atoms with E-state index in [4.69, 9.17) is 0 Å². The van der Waals surface area contributed by atoms with Gasteiger partial charge in [0.15, 0.2) is 0 Å². The molecule has 17 heavy (non-hydrogen) atoms. The van der Waals surface area contributed by atoms with Gasteiger partial charge in [-0.1, -0.05) is 13.8 Å². The smallest absolute Gasteiger partial charge is 0.237 e. The van der Waals surface area contributed by atoms with E-state index in [2.05, 4.69) is 17.1 Å². The molecule has 0 aliphatic carbocycles. The van der Waals surface area contributed by atoms with Crippen molar-refractivity contribution in [2.75, 3.05) is 13.1 Å². The molecule has 1 fully saturated rings. The van der Waals surface area contributed by atoms with Crippen molar-refractivity contribution in [2.24, 2.45) is 5.92 Å². The van der Waals surface area contributed by atoms with E-state index >= 15 is 0 Å².